The van der Waals surface area contributed by atoms with Crippen molar-refractivity contribution >= 4 is 0 Å². The highest BCUT2D eigenvalue weighted by atomic mass is 15.3. The number of benzene rings is 1. The van der Waals surface area contributed by atoms with Gasteiger partial charge in [0.25, 0.3) is 0 Å². The van der Waals surface area contributed by atoms with E-state index in [9.17, 15) is 0 Å². The van der Waals surface area contributed by atoms with Crippen molar-refractivity contribution in [3.63, 3.8) is 0 Å². The molecule has 0 aliphatic carbocycles. The molecule has 3 rings (SSSR count). The van der Waals surface area contributed by atoms with E-state index in [1.165, 1.54) is 44.6 Å². The molecular formula is C14H20N2. The first-order valence-electron chi connectivity index (χ1n) is 6.42. The highest BCUT2D eigenvalue weighted by Gasteiger charge is 2.29. The third-order valence-electron chi connectivity index (χ3n) is 3.93. The van der Waals surface area contributed by atoms with E-state index in [-0.39, 0.29) is 0 Å². The monoisotopic (exact) mass is 216 g/mol. The Balaban J connectivity index is 1.66. The standard InChI is InChI=1S/C14H20N2/c1-2-5-13(6-3-1)11-16-10-9-15-8-4-7-14(16)12-15/h1-3,5-6,14H,4,7-12H2. The van der Waals surface area contributed by atoms with Crippen LogP contribution in [0.2, 0.25) is 0 Å². The van der Waals surface area contributed by atoms with E-state index in [2.05, 4.69) is 40.1 Å². The first kappa shape index (κ1) is 10.3. The summed E-state index contributed by atoms with van der Waals surface area (Å²) in [5.74, 6) is 0. The van der Waals surface area contributed by atoms with E-state index in [1.807, 2.05) is 0 Å². The van der Waals surface area contributed by atoms with E-state index >= 15 is 0 Å². The van der Waals surface area contributed by atoms with Crippen LogP contribution in [0.25, 0.3) is 0 Å². The Kier molecular flexibility index (Phi) is 2.94. The molecule has 0 spiro atoms. The molecule has 1 aromatic rings. The summed E-state index contributed by atoms with van der Waals surface area (Å²) in [5, 5.41) is 0. The molecule has 0 N–H and O–H groups in total. The number of hydrogen-bond acceptors (Lipinski definition) is 2. The van der Waals surface area contributed by atoms with Gasteiger partial charge in [-0.1, -0.05) is 30.3 Å². The lowest BCUT2D eigenvalue weighted by Gasteiger charge is -2.45. The Bertz CT molecular complexity index is 336. The lowest BCUT2D eigenvalue weighted by atomic mass is 10.0. The van der Waals surface area contributed by atoms with E-state index in [0.717, 1.165) is 12.6 Å². The van der Waals surface area contributed by atoms with E-state index in [4.69, 9.17) is 0 Å². The molecule has 0 amide bonds. The molecule has 2 heterocycles. The Morgan fingerprint density at radius 1 is 1.06 bits per heavy atom. The molecule has 2 bridgehead atoms. The van der Waals surface area contributed by atoms with Gasteiger partial charge in [-0.15, -0.1) is 0 Å². The lowest BCUT2D eigenvalue weighted by Crippen LogP contribution is -2.55. The molecule has 2 aliphatic rings. The average Bonchev–Trinajstić information content (AvgIpc) is 2.35. The van der Waals surface area contributed by atoms with Crippen LogP contribution in [-0.2, 0) is 6.54 Å². The van der Waals surface area contributed by atoms with E-state index in [1.54, 1.807) is 0 Å². The Morgan fingerprint density at radius 2 is 1.94 bits per heavy atom. The maximum Gasteiger partial charge on any atom is 0.0237 e. The Hall–Kier alpha value is -0.860. The predicted octanol–water partition coefficient (Wildman–Crippen LogP) is 1.97. The van der Waals surface area contributed by atoms with Crippen molar-refractivity contribution in [2.24, 2.45) is 0 Å². The maximum atomic E-state index is 2.67. The van der Waals surface area contributed by atoms with Gasteiger partial charge in [-0.05, 0) is 24.9 Å². The SMILES string of the molecule is c1ccc(CN2CCN3CCCC2C3)cc1. The molecule has 2 fully saturated rings. The minimum Gasteiger partial charge on any atom is -0.301 e. The minimum absolute atomic E-state index is 0.808. The van der Waals surface area contributed by atoms with Crippen LogP contribution in [-0.4, -0.2) is 42.0 Å². The smallest absolute Gasteiger partial charge is 0.0237 e. The largest absolute Gasteiger partial charge is 0.301 e. The molecule has 0 radical (unpaired) electrons. The van der Waals surface area contributed by atoms with Crippen LogP contribution in [0.5, 0.6) is 0 Å². The Labute approximate surface area is 97.9 Å². The summed E-state index contributed by atoms with van der Waals surface area (Å²) in [4.78, 5) is 5.29. The summed E-state index contributed by atoms with van der Waals surface area (Å²) in [6.07, 6.45) is 2.78. The van der Waals surface area contributed by atoms with Crippen LogP contribution in [0.4, 0.5) is 0 Å². The molecule has 16 heavy (non-hydrogen) atoms. The van der Waals surface area contributed by atoms with Crippen molar-refractivity contribution in [2.45, 2.75) is 25.4 Å². The predicted molar refractivity (Wildman–Crippen MR) is 66.3 cm³/mol. The quantitative estimate of drug-likeness (QED) is 0.745. The minimum atomic E-state index is 0.808. The summed E-state index contributed by atoms with van der Waals surface area (Å²) < 4.78 is 0. The maximum absolute atomic E-state index is 2.67. The number of fused-ring (bicyclic) bond motifs is 2. The van der Waals surface area contributed by atoms with Gasteiger partial charge in [0.1, 0.15) is 0 Å². The van der Waals surface area contributed by atoms with Crippen molar-refractivity contribution in [3.8, 4) is 0 Å². The second-order valence-corrected chi connectivity index (χ2v) is 5.05. The fourth-order valence-corrected chi connectivity index (χ4v) is 3.01. The molecule has 2 unspecified atom stereocenters. The zero-order valence-electron chi connectivity index (χ0n) is 9.81. The number of piperazine rings is 1. The highest BCUT2D eigenvalue weighted by Crippen LogP contribution is 2.21. The van der Waals surface area contributed by atoms with Crippen molar-refractivity contribution in [3.05, 3.63) is 35.9 Å². The van der Waals surface area contributed by atoms with Gasteiger partial charge in [-0.2, -0.15) is 0 Å². The van der Waals surface area contributed by atoms with Crippen LogP contribution < -0.4 is 0 Å². The van der Waals surface area contributed by atoms with Gasteiger partial charge in [-0.3, -0.25) is 4.90 Å². The van der Waals surface area contributed by atoms with E-state index in [0.29, 0.717) is 0 Å². The summed E-state index contributed by atoms with van der Waals surface area (Å²) >= 11 is 0. The van der Waals surface area contributed by atoms with Crippen LogP contribution >= 0.6 is 0 Å². The van der Waals surface area contributed by atoms with Gasteiger partial charge in [0.05, 0.1) is 0 Å². The van der Waals surface area contributed by atoms with Crippen molar-refractivity contribution in [1.29, 1.82) is 0 Å². The zero-order valence-corrected chi connectivity index (χ0v) is 9.81. The van der Waals surface area contributed by atoms with Crippen LogP contribution in [0, 0.1) is 0 Å². The normalized spacial score (nSPS) is 30.2. The molecule has 2 heteroatoms. The molecule has 0 aromatic heterocycles. The fraction of sp³-hybridized carbons (Fsp3) is 0.571. The van der Waals surface area contributed by atoms with Crippen LogP contribution in [0.3, 0.4) is 0 Å². The van der Waals surface area contributed by atoms with Crippen LogP contribution in [0.15, 0.2) is 30.3 Å². The third-order valence-corrected chi connectivity index (χ3v) is 3.93. The summed E-state index contributed by atoms with van der Waals surface area (Å²) in [5.41, 5.74) is 1.46. The van der Waals surface area contributed by atoms with Gasteiger partial charge in [0, 0.05) is 32.2 Å². The van der Waals surface area contributed by atoms with Crippen molar-refractivity contribution in [1.82, 2.24) is 9.80 Å². The van der Waals surface area contributed by atoms with Crippen molar-refractivity contribution in [2.75, 3.05) is 26.2 Å². The van der Waals surface area contributed by atoms with Gasteiger partial charge in [0.15, 0.2) is 0 Å². The molecule has 86 valence electrons. The Morgan fingerprint density at radius 3 is 2.81 bits per heavy atom. The topological polar surface area (TPSA) is 6.48 Å². The molecular weight excluding hydrogens is 196 g/mol. The van der Waals surface area contributed by atoms with Gasteiger partial charge in [-0.25, -0.2) is 0 Å². The molecule has 2 aliphatic heterocycles. The third kappa shape index (κ3) is 2.13. The second kappa shape index (κ2) is 4.56. The number of rotatable bonds is 2. The average molecular weight is 216 g/mol. The fourth-order valence-electron chi connectivity index (χ4n) is 3.01. The summed E-state index contributed by atoms with van der Waals surface area (Å²) in [6.45, 7) is 6.28. The molecule has 2 saturated heterocycles. The molecule has 1 aromatic carbocycles. The number of piperidine rings is 1. The molecule has 0 saturated carbocycles. The summed E-state index contributed by atoms with van der Waals surface area (Å²) in [6, 6.07) is 11.7. The van der Waals surface area contributed by atoms with Gasteiger partial charge < -0.3 is 4.90 Å². The van der Waals surface area contributed by atoms with E-state index < -0.39 is 0 Å². The molecule has 2 nitrogen and oxygen atoms in total. The first-order chi connectivity index (χ1) is 7.92. The highest BCUT2D eigenvalue weighted by molar-refractivity contribution is 5.14. The zero-order chi connectivity index (χ0) is 10.8. The lowest BCUT2D eigenvalue weighted by molar-refractivity contribution is 0.0345. The van der Waals surface area contributed by atoms with Crippen LogP contribution in [0.1, 0.15) is 18.4 Å². The second-order valence-electron chi connectivity index (χ2n) is 5.05. The van der Waals surface area contributed by atoms with Gasteiger partial charge >= 0.3 is 0 Å². The number of hydrogen-bond donors (Lipinski definition) is 0. The summed E-state index contributed by atoms with van der Waals surface area (Å²) in [7, 11) is 0. The molecule has 2 atom stereocenters. The van der Waals surface area contributed by atoms with Crippen molar-refractivity contribution < 1.29 is 0 Å². The number of nitrogens with zero attached hydrogens (tertiary/aromatic N) is 2. The first-order valence-corrected chi connectivity index (χ1v) is 6.42. The van der Waals surface area contributed by atoms with Gasteiger partial charge in [0.2, 0.25) is 0 Å².